The Bertz CT molecular complexity index is 1250. The average molecular weight is 619 g/mol. The maximum atomic E-state index is 13.7. The van der Waals surface area contributed by atoms with Crippen LogP contribution in [0.3, 0.4) is 0 Å². The van der Waals surface area contributed by atoms with E-state index in [-0.39, 0.29) is 41.4 Å². The zero-order valence-electron chi connectivity index (χ0n) is 26.5. The number of urea groups is 1. The number of piperazine rings is 1. The van der Waals surface area contributed by atoms with Crippen LogP contribution >= 0.6 is 0 Å². The predicted octanol–water partition coefficient (Wildman–Crippen LogP) is 6.82. The lowest BCUT2D eigenvalue weighted by Gasteiger charge is -2.49. The van der Waals surface area contributed by atoms with Crippen LogP contribution in [-0.4, -0.2) is 83.6 Å². The summed E-state index contributed by atoms with van der Waals surface area (Å²) in [5, 5.41) is 3.21. The minimum atomic E-state index is -4.76. The summed E-state index contributed by atoms with van der Waals surface area (Å²) in [6, 6.07) is 15.4. The van der Waals surface area contributed by atoms with E-state index in [2.05, 4.69) is 35.7 Å². The number of nitrogens with one attached hydrogen (secondary N) is 1. The molecule has 0 aromatic heterocycles. The second-order valence-electron chi connectivity index (χ2n) is 13.7. The van der Waals surface area contributed by atoms with Crippen molar-refractivity contribution in [3.8, 4) is 5.75 Å². The lowest BCUT2D eigenvalue weighted by atomic mass is 9.83. The number of nitrogens with zero attached hydrogens (tertiary/aromatic N) is 3. The van der Waals surface area contributed by atoms with Gasteiger partial charge in [-0.15, -0.1) is 13.2 Å². The Morgan fingerprint density at radius 3 is 1.98 bits per heavy atom. The number of benzene rings is 2. The van der Waals surface area contributed by atoms with Gasteiger partial charge in [-0.1, -0.05) is 63.2 Å². The van der Waals surface area contributed by atoms with Crippen LogP contribution < -0.4 is 10.1 Å². The molecule has 1 unspecified atom stereocenters. The van der Waals surface area contributed by atoms with Gasteiger partial charge in [0.05, 0.1) is 12.1 Å². The minimum absolute atomic E-state index is 0.0469. The number of carbonyl (C=O) groups excluding carboxylic acids is 2. The number of hydrogen-bond donors (Lipinski definition) is 1. The van der Waals surface area contributed by atoms with E-state index in [4.69, 9.17) is 4.74 Å². The second-order valence-corrected chi connectivity index (χ2v) is 13.7. The maximum absolute atomic E-state index is 13.7. The van der Waals surface area contributed by atoms with Gasteiger partial charge in [0.1, 0.15) is 11.4 Å². The van der Waals surface area contributed by atoms with Crippen molar-refractivity contribution in [3.05, 3.63) is 65.7 Å². The van der Waals surface area contributed by atoms with Crippen LogP contribution in [0.5, 0.6) is 5.75 Å². The molecule has 2 atom stereocenters. The van der Waals surface area contributed by atoms with Crippen molar-refractivity contribution in [2.45, 2.75) is 84.5 Å². The van der Waals surface area contributed by atoms with E-state index >= 15 is 0 Å². The largest absolute Gasteiger partial charge is 0.573 e. The Morgan fingerprint density at radius 2 is 1.43 bits per heavy atom. The molecule has 2 saturated heterocycles. The summed E-state index contributed by atoms with van der Waals surface area (Å²) in [5.74, 6) is -0.265. The number of amides is 3. The van der Waals surface area contributed by atoms with Gasteiger partial charge in [-0.25, -0.2) is 9.59 Å². The molecule has 242 valence electrons. The van der Waals surface area contributed by atoms with Gasteiger partial charge in [-0.05, 0) is 62.3 Å². The molecule has 0 saturated carbocycles. The van der Waals surface area contributed by atoms with Crippen LogP contribution in [0.25, 0.3) is 0 Å². The summed E-state index contributed by atoms with van der Waals surface area (Å²) in [6.07, 6.45) is -3.79. The van der Waals surface area contributed by atoms with Crippen LogP contribution in [0.2, 0.25) is 0 Å². The highest BCUT2D eigenvalue weighted by atomic mass is 19.4. The first kappa shape index (κ1) is 33.4. The van der Waals surface area contributed by atoms with Crippen LogP contribution in [0.15, 0.2) is 54.6 Å². The molecule has 2 heterocycles. The fourth-order valence-electron chi connectivity index (χ4n) is 5.91. The molecule has 1 N–H and O–H groups in total. The topological polar surface area (TPSA) is 74.4 Å². The number of ether oxygens (including phenoxy) is 2. The van der Waals surface area contributed by atoms with Gasteiger partial charge in [0.15, 0.2) is 0 Å². The third kappa shape index (κ3) is 9.03. The predicted molar refractivity (Wildman–Crippen MR) is 162 cm³/mol. The number of carbonyl (C=O) groups is 2. The molecule has 2 aliphatic rings. The molecule has 11 heteroatoms. The molecule has 3 amide bonds. The van der Waals surface area contributed by atoms with E-state index < -0.39 is 12.0 Å². The molecular weight excluding hydrogens is 573 g/mol. The summed E-state index contributed by atoms with van der Waals surface area (Å²) >= 11 is 0. The highest BCUT2D eigenvalue weighted by Crippen LogP contribution is 2.36. The van der Waals surface area contributed by atoms with Gasteiger partial charge in [0, 0.05) is 38.8 Å². The van der Waals surface area contributed by atoms with Crippen LogP contribution in [0, 0.1) is 5.41 Å². The van der Waals surface area contributed by atoms with E-state index in [0.29, 0.717) is 45.6 Å². The third-order valence-electron chi connectivity index (χ3n) is 8.06. The molecule has 0 spiro atoms. The van der Waals surface area contributed by atoms with Crippen molar-refractivity contribution in [2.75, 3.05) is 32.7 Å². The fourth-order valence-corrected chi connectivity index (χ4v) is 5.91. The molecule has 0 bridgehead atoms. The van der Waals surface area contributed by atoms with Crippen molar-refractivity contribution >= 4 is 12.1 Å². The Hall–Kier alpha value is -3.47. The Morgan fingerprint density at radius 1 is 0.841 bits per heavy atom. The molecule has 8 nitrogen and oxygen atoms in total. The molecule has 4 rings (SSSR count). The van der Waals surface area contributed by atoms with Gasteiger partial charge < -0.3 is 24.6 Å². The Labute approximate surface area is 258 Å². The van der Waals surface area contributed by atoms with Crippen molar-refractivity contribution in [3.63, 3.8) is 0 Å². The summed E-state index contributed by atoms with van der Waals surface area (Å²) in [5.41, 5.74) is 1.05. The maximum Gasteiger partial charge on any atom is 0.573 e. The number of alkyl halides is 3. The van der Waals surface area contributed by atoms with E-state index in [0.717, 1.165) is 11.1 Å². The third-order valence-corrected chi connectivity index (χ3v) is 8.06. The van der Waals surface area contributed by atoms with E-state index in [1.54, 1.807) is 17.0 Å². The highest BCUT2D eigenvalue weighted by molar-refractivity contribution is 5.75. The van der Waals surface area contributed by atoms with Crippen molar-refractivity contribution in [1.82, 2.24) is 20.0 Å². The number of piperidine rings is 1. The molecule has 44 heavy (non-hydrogen) atoms. The van der Waals surface area contributed by atoms with E-state index in [1.165, 1.54) is 12.1 Å². The van der Waals surface area contributed by atoms with Gasteiger partial charge in [-0.3, -0.25) is 4.90 Å². The summed E-state index contributed by atoms with van der Waals surface area (Å²) in [7, 11) is 0. The first-order chi connectivity index (χ1) is 20.5. The molecule has 2 aromatic rings. The van der Waals surface area contributed by atoms with Crippen LogP contribution in [0.4, 0.5) is 22.8 Å². The highest BCUT2D eigenvalue weighted by Gasteiger charge is 2.41. The number of halogens is 3. The van der Waals surface area contributed by atoms with Crippen LogP contribution in [-0.2, 0) is 4.74 Å². The van der Waals surface area contributed by atoms with Crippen molar-refractivity contribution in [1.29, 1.82) is 0 Å². The zero-order valence-corrected chi connectivity index (χ0v) is 26.5. The molecule has 0 radical (unpaired) electrons. The smallest absolute Gasteiger partial charge is 0.444 e. The standard InChI is InChI=1S/C33H45F3N4O4/c1-31(2,3)27-22-39(28(23-10-8-7-9-11-23)24-12-14-26(15-13-24)43-33(34,35)36)20-21-40(27)29(41)37-25-16-18-38(19-17-25)30(42)44-32(4,5)6/h7-15,25,27-28H,16-22H2,1-6H3,(H,37,41)/t27-,28?/m1/s1. The van der Waals surface area contributed by atoms with Gasteiger partial charge in [0.25, 0.3) is 0 Å². The van der Waals surface area contributed by atoms with Gasteiger partial charge in [-0.2, -0.15) is 0 Å². The quantitative estimate of drug-likeness (QED) is 0.398. The molecule has 0 aliphatic carbocycles. The molecule has 2 fully saturated rings. The summed E-state index contributed by atoms with van der Waals surface area (Å²) in [6.45, 7) is 14.5. The van der Waals surface area contributed by atoms with Gasteiger partial charge >= 0.3 is 18.5 Å². The first-order valence-corrected chi connectivity index (χ1v) is 15.2. The number of rotatable bonds is 5. The van der Waals surface area contributed by atoms with E-state index in [9.17, 15) is 22.8 Å². The Kier molecular flexibility index (Phi) is 10.1. The average Bonchev–Trinajstić information content (AvgIpc) is 2.93. The van der Waals surface area contributed by atoms with E-state index in [1.807, 2.05) is 56.0 Å². The first-order valence-electron chi connectivity index (χ1n) is 15.2. The second kappa shape index (κ2) is 13.3. The normalized spacial score (nSPS) is 19.8. The summed E-state index contributed by atoms with van der Waals surface area (Å²) < 4.78 is 47.9. The van der Waals surface area contributed by atoms with Crippen LogP contribution in [0.1, 0.15) is 71.6 Å². The number of likely N-dealkylation sites (tertiary alicyclic amines) is 1. The molecule has 2 aromatic carbocycles. The summed E-state index contributed by atoms with van der Waals surface area (Å²) in [4.78, 5) is 32.0. The van der Waals surface area contributed by atoms with Crippen molar-refractivity contribution < 1.29 is 32.2 Å². The zero-order chi connectivity index (χ0) is 32.3. The molecule has 2 aliphatic heterocycles. The SMILES string of the molecule is CC(C)(C)OC(=O)N1CCC(NC(=O)N2CCN(C(c3ccccc3)c3ccc(OC(F)(F)F)cc3)C[C@@H]2C(C)(C)C)CC1. The number of hydrogen-bond acceptors (Lipinski definition) is 5. The minimum Gasteiger partial charge on any atom is -0.444 e. The monoisotopic (exact) mass is 618 g/mol. The Balaban J connectivity index is 1.47. The van der Waals surface area contributed by atoms with Crippen molar-refractivity contribution in [2.24, 2.45) is 5.41 Å². The van der Waals surface area contributed by atoms with Gasteiger partial charge in [0.2, 0.25) is 0 Å². The lowest BCUT2D eigenvalue weighted by molar-refractivity contribution is -0.274. The molecular formula is C33H45F3N4O4. The lowest BCUT2D eigenvalue weighted by Crippen LogP contribution is -2.63. The fraction of sp³-hybridized carbons (Fsp3) is 0.576.